The molecule has 1 aromatic carbocycles. The standard InChI is InChI=1S/C14H16N2O2S2/c15-7-10-2-1-3-11(6-10)13-8-19-14(16-13)12-4-5-20(17,18)9-12/h1-3,6,8,12H,4-5,7,9,15H2. The lowest BCUT2D eigenvalue weighted by molar-refractivity contribution is 0.601. The second kappa shape index (κ2) is 5.27. The van der Waals surface area contributed by atoms with Gasteiger partial charge in [0.25, 0.3) is 0 Å². The number of nitrogens with zero attached hydrogens (tertiary/aromatic N) is 1. The number of hydrogen-bond donors (Lipinski definition) is 1. The van der Waals surface area contributed by atoms with Crippen LogP contribution in [0, 0.1) is 0 Å². The summed E-state index contributed by atoms with van der Waals surface area (Å²) in [5, 5.41) is 2.93. The molecule has 0 spiro atoms. The van der Waals surface area contributed by atoms with E-state index in [1.54, 1.807) is 11.3 Å². The normalized spacial score (nSPS) is 21.1. The van der Waals surface area contributed by atoms with Gasteiger partial charge in [-0.2, -0.15) is 0 Å². The molecule has 1 saturated heterocycles. The number of nitrogens with two attached hydrogens (primary N) is 1. The Hall–Kier alpha value is -1.24. The predicted octanol–water partition coefficient (Wildman–Crippen LogP) is 2.17. The fraction of sp³-hybridized carbons (Fsp3) is 0.357. The average Bonchev–Trinajstić information content (AvgIpc) is 3.05. The molecular weight excluding hydrogens is 292 g/mol. The molecule has 0 amide bonds. The summed E-state index contributed by atoms with van der Waals surface area (Å²) in [6, 6.07) is 7.99. The third kappa shape index (κ3) is 2.77. The van der Waals surface area contributed by atoms with Gasteiger partial charge in [-0.15, -0.1) is 11.3 Å². The highest BCUT2D eigenvalue weighted by molar-refractivity contribution is 7.91. The van der Waals surface area contributed by atoms with Crippen LogP contribution >= 0.6 is 11.3 Å². The van der Waals surface area contributed by atoms with Crippen LogP contribution < -0.4 is 5.73 Å². The molecular formula is C14H16N2O2S2. The van der Waals surface area contributed by atoms with E-state index in [2.05, 4.69) is 4.98 Å². The topological polar surface area (TPSA) is 73.1 Å². The van der Waals surface area contributed by atoms with E-state index in [9.17, 15) is 8.42 Å². The van der Waals surface area contributed by atoms with Gasteiger partial charge >= 0.3 is 0 Å². The number of sulfone groups is 1. The summed E-state index contributed by atoms with van der Waals surface area (Å²) < 4.78 is 23.1. The Morgan fingerprint density at radius 3 is 2.95 bits per heavy atom. The Labute approximate surface area is 122 Å². The Balaban J connectivity index is 1.87. The second-order valence-corrected chi connectivity index (χ2v) is 8.19. The Bertz CT molecular complexity index is 722. The molecule has 1 aromatic heterocycles. The van der Waals surface area contributed by atoms with Crippen molar-refractivity contribution in [1.82, 2.24) is 4.98 Å². The number of hydrogen-bond acceptors (Lipinski definition) is 5. The van der Waals surface area contributed by atoms with Gasteiger partial charge in [0, 0.05) is 23.4 Å². The highest BCUT2D eigenvalue weighted by Crippen LogP contribution is 2.33. The highest BCUT2D eigenvalue weighted by Gasteiger charge is 2.30. The molecule has 0 aliphatic carbocycles. The molecule has 6 heteroatoms. The predicted molar refractivity (Wildman–Crippen MR) is 81.5 cm³/mol. The van der Waals surface area contributed by atoms with Crippen LogP contribution in [-0.2, 0) is 16.4 Å². The molecule has 0 saturated carbocycles. The number of aromatic nitrogens is 1. The zero-order valence-electron chi connectivity index (χ0n) is 11.0. The minimum atomic E-state index is -2.86. The SMILES string of the molecule is NCc1cccc(-c2csc(C3CCS(=O)(=O)C3)n2)c1. The fourth-order valence-electron chi connectivity index (χ4n) is 2.46. The fourth-order valence-corrected chi connectivity index (χ4v) is 5.27. The van der Waals surface area contributed by atoms with Gasteiger partial charge in [0.1, 0.15) is 0 Å². The Kier molecular flexibility index (Phi) is 3.62. The number of rotatable bonds is 3. The molecule has 1 aliphatic rings. The van der Waals surface area contributed by atoms with Gasteiger partial charge in [-0.25, -0.2) is 13.4 Å². The Morgan fingerprint density at radius 2 is 2.25 bits per heavy atom. The first kappa shape index (κ1) is 13.7. The van der Waals surface area contributed by atoms with Crippen molar-refractivity contribution in [2.24, 2.45) is 5.73 Å². The van der Waals surface area contributed by atoms with Crippen molar-refractivity contribution in [3.05, 3.63) is 40.2 Å². The molecule has 1 aliphatic heterocycles. The molecule has 1 fully saturated rings. The van der Waals surface area contributed by atoms with E-state index < -0.39 is 9.84 Å². The van der Waals surface area contributed by atoms with Gasteiger partial charge in [-0.3, -0.25) is 0 Å². The van der Waals surface area contributed by atoms with Crippen LogP contribution in [0.5, 0.6) is 0 Å². The van der Waals surface area contributed by atoms with E-state index in [4.69, 9.17) is 5.73 Å². The van der Waals surface area contributed by atoms with Crippen molar-refractivity contribution in [3.63, 3.8) is 0 Å². The van der Waals surface area contributed by atoms with Gasteiger partial charge in [-0.1, -0.05) is 18.2 Å². The second-order valence-electron chi connectivity index (χ2n) is 5.08. The molecule has 2 aromatic rings. The third-order valence-corrected chi connectivity index (χ3v) is 6.34. The van der Waals surface area contributed by atoms with Gasteiger partial charge in [0.05, 0.1) is 22.2 Å². The molecule has 1 atom stereocenters. The molecule has 3 rings (SSSR count). The van der Waals surface area contributed by atoms with Crippen LogP contribution in [0.4, 0.5) is 0 Å². The molecule has 0 bridgehead atoms. The molecule has 0 radical (unpaired) electrons. The first-order valence-electron chi connectivity index (χ1n) is 6.52. The van der Waals surface area contributed by atoms with Crippen LogP contribution in [0.2, 0.25) is 0 Å². The van der Waals surface area contributed by atoms with Crippen LogP contribution in [0.25, 0.3) is 11.3 Å². The maximum Gasteiger partial charge on any atom is 0.151 e. The zero-order chi connectivity index (χ0) is 14.2. The van der Waals surface area contributed by atoms with Gasteiger partial charge in [0.15, 0.2) is 9.84 Å². The third-order valence-electron chi connectivity index (χ3n) is 3.56. The zero-order valence-corrected chi connectivity index (χ0v) is 12.6. The summed E-state index contributed by atoms with van der Waals surface area (Å²) in [7, 11) is -2.86. The minimum Gasteiger partial charge on any atom is -0.326 e. The quantitative estimate of drug-likeness (QED) is 0.943. The van der Waals surface area contributed by atoms with E-state index in [1.807, 2.05) is 29.6 Å². The van der Waals surface area contributed by atoms with Crippen LogP contribution in [0.1, 0.15) is 22.9 Å². The monoisotopic (exact) mass is 308 g/mol. The van der Waals surface area contributed by atoms with Crippen molar-refractivity contribution >= 4 is 21.2 Å². The molecule has 1 unspecified atom stereocenters. The van der Waals surface area contributed by atoms with E-state index in [0.717, 1.165) is 21.8 Å². The van der Waals surface area contributed by atoms with E-state index in [-0.39, 0.29) is 17.4 Å². The smallest absolute Gasteiger partial charge is 0.151 e. The molecule has 20 heavy (non-hydrogen) atoms. The van der Waals surface area contributed by atoms with Crippen LogP contribution in [-0.4, -0.2) is 24.9 Å². The first-order valence-corrected chi connectivity index (χ1v) is 9.23. The van der Waals surface area contributed by atoms with Crippen molar-refractivity contribution < 1.29 is 8.42 Å². The summed E-state index contributed by atoms with van der Waals surface area (Å²) in [6.07, 6.45) is 0.693. The highest BCUT2D eigenvalue weighted by atomic mass is 32.2. The van der Waals surface area contributed by atoms with Crippen molar-refractivity contribution in [3.8, 4) is 11.3 Å². The summed E-state index contributed by atoms with van der Waals surface area (Å²) >= 11 is 1.55. The lowest BCUT2D eigenvalue weighted by Crippen LogP contribution is -2.03. The molecule has 4 nitrogen and oxygen atoms in total. The van der Waals surface area contributed by atoms with Crippen LogP contribution in [0.3, 0.4) is 0 Å². The molecule has 2 N–H and O–H groups in total. The van der Waals surface area contributed by atoms with Crippen LogP contribution in [0.15, 0.2) is 29.6 Å². The Morgan fingerprint density at radius 1 is 1.40 bits per heavy atom. The largest absolute Gasteiger partial charge is 0.326 e. The first-order chi connectivity index (χ1) is 9.57. The summed E-state index contributed by atoms with van der Waals surface area (Å²) in [4.78, 5) is 4.62. The van der Waals surface area contributed by atoms with Gasteiger partial charge < -0.3 is 5.73 Å². The van der Waals surface area contributed by atoms with Crippen molar-refractivity contribution in [2.75, 3.05) is 11.5 Å². The maximum absolute atomic E-state index is 11.5. The summed E-state index contributed by atoms with van der Waals surface area (Å²) in [5.74, 6) is 0.592. The average molecular weight is 308 g/mol. The van der Waals surface area contributed by atoms with E-state index >= 15 is 0 Å². The number of benzene rings is 1. The van der Waals surface area contributed by atoms with Gasteiger partial charge in [-0.05, 0) is 18.1 Å². The van der Waals surface area contributed by atoms with Crippen molar-refractivity contribution in [1.29, 1.82) is 0 Å². The van der Waals surface area contributed by atoms with E-state index in [0.29, 0.717) is 13.0 Å². The molecule has 2 heterocycles. The lowest BCUT2D eigenvalue weighted by atomic mass is 10.1. The minimum absolute atomic E-state index is 0.0661. The van der Waals surface area contributed by atoms with Gasteiger partial charge in [0.2, 0.25) is 0 Å². The summed E-state index contributed by atoms with van der Waals surface area (Å²) in [6.45, 7) is 0.506. The van der Waals surface area contributed by atoms with E-state index in [1.165, 1.54) is 0 Å². The number of thiazole rings is 1. The lowest BCUT2D eigenvalue weighted by Gasteiger charge is -2.02. The molecule has 106 valence electrons. The summed E-state index contributed by atoms with van der Waals surface area (Å²) in [5.41, 5.74) is 8.66. The maximum atomic E-state index is 11.5. The van der Waals surface area contributed by atoms with Crippen molar-refractivity contribution in [2.45, 2.75) is 18.9 Å².